The van der Waals surface area contributed by atoms with Crippen LogP contribution in [0.5, 0.6) is 0 Å². The molecule has 0 atom stereocenters. The van der Waals surface area contributed by atoms with Gasteiger partial charge in [-0.25, -0.2) is 9.37 Å². The van der Waals surface area contributed by atoms with E-state index < -0.39 is 0 Å². The second-order valence-corrected chi connectivity index (χ2v) is 6.14. The van der Waals surface area contributed by atoms with E-state index in [1.54, 1.807) is 13.0 Å². The zero-order valence-electron chi connectivity index (χ0n) is 14.1. The highest BCUT2D eigenvalue weighted by Gasteiger charge is 2.13. The minimum Gasteiger partial charge on any atom is -0.360 e. The predicted octanol–water partition coefficient (Wildman–Crippen LogP) is 5.42. The van der Waals surface area contributed by atoms with E-state index in [-0.39, 0.29) is 11.6 Å². The lowest BCUT2D eigenvalue weighted by Gasteiger charge is -2.06. The Hall–Kier alpha value is -3.01. The van der Waals surface area contributed by atoms with Crippen molar-refractivity contribution in [1.29, 1.82) is 0 Å². The number of nitrogens with one attached hydrogen (secondary N) is 1. The van der Waals surface area contributed by atoms with Crippen LogP contribution in [0.3, 0.4) is 0 Å². The number of H-pyrrole nitrogens is 1. The van der Waals surface area contributed by atoms with Gasteiger partial charge in [0, 0.05) is 40.1 Å². The van der Waals surface area contributed by atoms with Gasteiger partial charge in [0.25, 0.3) is 0 Å². The first-order chi connectivity index (χ1) is 12.1. The number of ketones is 1. The molecule has 2 aromatic heterocycles. The van der Waals surface area contributed by atoms with Crippen LogP contribution in [0.4, 0.5) is 4.39 Å². The lowest BCUT2D eigenvalue weighted by molar-refractivity contribution is 0.0989. The van der Waals surface area contributed by atoms with E-state index in [0.717, 1.165) is 33.1 Å². The van der Waals surface area contributed by atoms with Gasteiger partial charge in [-0.2, -0.15) is 0 Å². The first kappa shape index (κ1) is 15.5. The van der Waals surface area contributed by atoms with Crippen molar-refractivity contribution in [2.45, 2.75) is 20.3 Å². The molecule has 4 aromatic rings. The third-order valence-corrected chi connectivity index (χ3v) is 4.68. The van der Waals surface area contributed by atoms with Gasteiger partial charge in [0.05, 0.1) is 16.7 Å². The summed E-state index contributed by atoms with van der Waals surface area (Å²) in [7, 11) is 0. The van der Waals surface area contributed by atoms with Gasteiger partial charge < -0.3 is 4.98 Å². The van der Waals surface area contributed by atoms with Gasteiger partial charge in [-0.1, -0.05) is 19.1 Å². The molecular weight excluding hydrogens is 315 g/mol. The van der Waals surface area contributed by atoms with E-state index in [0.29, 0.717) is 17.5 Å². The molecular formula is C21H17FN2O. The summed E-state index contributed by atoms with van der Waals surface area (Å²) in [4.78, 5) is 20.0. The van der Waals surface area contributed by atoms with Crippen molar-refractivity contribution in [3.8, 4) is 11.3 Å². The fourth-order valence-corrected chi connectivity index (χ4v) is 3.27. The molecule has 2 aromatic carbocycles. The average molecular weight is 332 g/mol. The molecule has 4 rings (SSSR count). The molecule has 124 valence electrons. The monoisotopic (exact) mass is 332 g/mol. The molecule has 0 saturated heterocycles. The van der Waals surface area contributed by atoms with Gasteiger partial charge in [-0.3, -0.25) is 4.79 Å². The Morgan fingerprint density at radius 1 is 1.12 bits per heavy atom. The summed E-state index contributed by atoms with van der Waals surface area (Å²) in [5.74, 6) is -0.117. The molecule has 2 heterocycles. The van der Waals surface area contributed by atoms with Crippen molar-refractivity contribution in [3.63, 3.8) is 0 Å². The maximum atomic E-state index is 13.8. The lowest BCUT2D eigenvalue weighted by atomic mass is 10.0. The normalized spacial score (nSPS) is 11.3. The molecule has 0 bridgehead atoms. The Labute approximate surface area is 144 Å². The van der Waals surface area contributed by atoms with Gasteiger partial charge in [-0.15, -0.1) is 0 Å². The number of aromatic nitrogens is 2. The third-order valence-electron chi connectivity index (χ3n) is 4.68. The molecule has 0 amide bonds. The van der Waals surface area contributed by atoms with Gasteiger partial charge >= 0.3 is 0 Å². The van der Waals surface area contributed by atoms with Crippen molar-refractivity contribution in [1.82, 2.24) is 9.97 Å². The number of benzene rings is 2. The SMILES string of the molecule is CCC(=O)c1cccc2nc(-c3c[nH]c4c(C)c(F)ccc34)ccc12. The average Bonchev–Trinajstić information content (AvgIpc) is 3.08. The van der Waals surface area contributed by atoms with Crippen LogP contribution >= 0.6 is 0 Å². The highest BCUT2D eigenvalue weighted by Crippen LogP contribution is 2.31. The van der Waals surface area contributed by atoms with E-state index in [1.807, 2.05) is 43.5 Å². The number of aromatic amines is 1. The number of aryl methyl sites for hydroxylation is 1. The fourth-order valence-electron chi connectivity index (χ4n) is 3.27. The Bertz CT molecular complexity index is 1130. The minimum atomic E-state index is -0.227. The van der Waals surface area contributed by atoms with E-state index in [4.69, 9.17) is 4.98 Å². The number of fused-ring (bicyclic) bond motifs is 2. The summed E-state index contributed by atoms with van der Waals surface area (Å²) in [5.41, 5.74) is 4.59. The number of carbonyl (C=O) groups is 1. The molecule has 0 aliphatic rings. The summed E-state index contributed by atoms with van der Waals surface area (Å²) in [6.45, 7) is 3.62. The van der Waals surface area contributed by atoms with Crippen LogP contribution in [0, 0.1) is 12.7 Å². The van der Waals surface area contributed by atoms with Crippen LogP contribution in [0.2, 0.25) is 0 Å². The van der Waals surface area contributed by atoms with Gasteiger partial charge in [0.15, 0.2) is 5.78 Å². The number of hydrogen-bond acceptors (Lipinski definition) is 2. The standard InChI is InChI=1S/C21H17FN2O/c1-3-20(25)14-5-4-6-18-13(14)8-10-19(24-18)16-11-23-21-12(2)17(22)9-7-15(16)21/h4-11,23H,3H2,1-2H3. The van der Waals surface area contributed by atoms with E-state index in [1.165, 1.54) is 6.07 Å². The fraction of sp³-hybridized carbons (Fsp3) is 0.143. The van der Waals surface area contributed by atoms with Crippen molar-refractivity contribution in [2.24, 2.45) is 0 Å². The van der Waals surface area contributed by atoms with Crippen LogP contribution in [-0.4, -0.2) is 15.8 Å². The molecule has 4 heteroatoms. The van der Waals surface area contributed by atoms with Crippen molar-refractivity contribution in [3.05, 3.63) is 65.6 Å². The van der Waals surface area contributed by atoms with Gasteiger partial charge in [-0.05, 0) is 37.3 Å². The van der Waals surface area contributed by atoms with E-state index >= 15 is 0 Å². The molecule has 3 nitrogen and oxygen atoms in total. The smallest absolute Gasteiger partial charge is 0.163 e. The summed E-state index contributed by atoms with van der Waals surface area (Å²) in [5, 5.41) is 1.80. The number of hydrogen-bond donors (Lipinski definition) is 1. The molecule has 0 radical (unpaired) electrons. The first-order valence-electron chi connectivity index (χ1n) is 8.29. The maximum Gasteiger partial charge on any atom is 0.163 e. The highest BCUT2D eigenvalue weighted by atomic mass is 19.1. The maximum absolute atomic E-state index is 13.8. The quantitative estimate of drug-likeness (QED) is 0.509. The zero-order valence-corrected chi connectivity index (χ0v) is 14.1. The Morgan fingerprint density at radius 2 is 1.92 bits per heavy atom. The number of halogens is 1. The molecule has 0 saturated carbocycles. The first-order valence-corrected chi connectivity index (χ1v) is 8.29. The summed E-state index contributed by atoms with van der Waals surface area (Å²) in [6, 6.07) is 12.7. The molecule has 0 spiro atoms. The topological polar surface area (TPSA) is 45.8 Å². The second kappa shape index (κ2) is 5.81. The molecule has 0 unspecified atom stereocenters. The predicted molar refractivity (Wildman–Crippen MR) is 98.4 cm³/mol. The van der Waals surface area contributed by atoms with Crippen LogP contribution in [0.1, 0.15) is 29.3 Å². The highest BCUT2D eigenvalue weighted by molar-refractivity contribution is 6.07. The van der Waals surface area contributed by atoms with Crippen LogP contribution in [0.25, 0.3) is 33.1 Å². The number of Topliss-reactive ketones (excluding diaryl/α,β-unsaturated/α-hetero) is 1. The zero-order chi connectivity index (χ0) is 17.6. The lowest BCUT2D eigenvalue weighted by Crippen LogP contribution is -1.98. The van der Waals surface area contributed by atoms with Crippen molar-refractivity contribution in [2.75, 3.05) is 0 Å². The summed E-state index contributed by atoms with van der Waals surface area (Å²) < 4.78 is 13.8. The van der Waals surface area contributed by atoms with Crippen LogP contribution in [-0.2, 0) is 0 Å². The number of pyridine rings is 1. The molecule has 25 heavy (non-hydrogen) atoms. The number of rotatable bonds is 3. The summed E-state index contributed by atoms with van der Waals surface area (Å²) in [6.07, 6.45) is 2.32. The Morgan fingerprint density at radius 3 is 2.72 bits per heavy atom. The Balaban J connectivity index is 1.91. The number of nitrogens with zero attached hydrogens (tertiary/aromatic N) is 1. The third kappa shape index (κ3) is 2.41. The van der Waals surface area contributed by atoms with Crippen LogP contribution in [0.15, 0.2) is 48.7 Å². The van der Waals surface area contributed by atoms with Gasteiger partial charge in [0.1, 0.15) is 5.82 Å². The second-order valence-electron chi connectivity index (χ2n) is 6.14. The van der Waals surface area contributed by atoms with Crippen molar-refractivity contribution < 1.29 is 9.18 Å². The largest absolute Gasteiger partial charge is 0.360 e. The number of carbonyl (C=O) groups excluding carboxylic acids is 1. The molecule has 0 fully saturated rings. The van der Waals surface area contributed by atoms with Gasteiger partial charge in [0.2, 0.25) is 0 Å². The Kier molecular flexibility index (Phi) is 3.61. The minimum absolute atomic E-state index is 0.110. The van der Waals surface area contributed by atoms with E-state index in [2.05, 4.69) is 4.98 Å². The van der Waals surface area contributed by atoms with Crippen LogP contribution < -0.4 is 0 Å². The van der Waals surface area contributed by atoms with E-state index in [9.17, 15) is 9.18 Å². The molecule has 1 N–H and O–H groups in total. The summed E-state index contributed by atoms with van der Waals surface area (Å²) >= 11 is 0. The molecule has 0 aliphatic heterocycles. The van der Waals surface area contributed by atoms with Crippen molar-refractivity contribution >= 4 is 27.6 Å². The molecule has 0 aliphatic carbocycles.